The van der Waals surface area contributed by atoms with Crippen molar-refractivity contribution >= 4 is 33.0 Å². The van der Waals surface area contributed by atoms with Crippen LogP contribution in [0.1, 0.15) is 0 Å². The normalized spacial score (nSPS) is 11.2. The maximum Gasteiger partial charge on any atom is 0.293 e. The van der Waals surface area contributed by atoms with Crippen LogP contribution in [-0.4, -0.2) is 32.7 Å². The summed E-state index contributed by atoms with van der Waals surface area (Å²) in [4.78, 5) is 10.2. The molecule has 0 saturated carbocycles. The average molecular weight is 294 g/mol. The lowest BCUT2D eigenvalue weighted by Gasteiger charge is -2.08. The zero-order valence-electron chi connectivity index (χ0n) is 9.51. The largest absolute Gasteiger partial charge is 0.377 e. The van der Waals surface area contributed by atoms with Crippen molar-refractivity contribution in [2.45, 2.75) is 0 Å². The van der Waals surface area contributed by atoms with Gasteiger partial charge in [0.05, 0.1) is 15.7 Å². The van der Waals surface area contributed by atoms with Gasteiger partial charge in [-0.1, -0.05) is 17.7 Å². The van der Waals surface area contributed by atoms with Gasteiger partial charge in [-0.3, -0.25) is 10.1 Å². The summed E-state index contributed by atoms with van der Waals surface area (Å²) in [6.45, 7) is 0.0216. The Bertz CT molecular complexity index is 547. The molecule has 0 heterocycles. The molecule has 18 heavy (non-hydrogen) atoms. The summed E-state index contributed by atoms with van der Waals surface area (Å²) < 4.78 is 24.5. The van der Waals surface area contributed by atoms with Gasteiger partial charge in [-0.2, -0.15) is 0 Å². The Morgan fingerprint density at radius 1 is 1.44 bits per heavy atom. The van der Waals surface area contributed by atoms with E-state index < -0.39 is 14.9 Å². The van der Waals surface area contributed by atoms with Crippen molar-refractivity contribution in [3.05, 3.63) is 33.3 Å². The highest BCUT2D eigenvalue weighted by Crippen LogP contribution is 2.31. The first-order chi connectivity index (χ1) is 8.37. The van der Waals surface area contributed by atoms with Crippen molar-refractivity contribution in [3.63, 3.8) is 0 Å². The number of sulfonamides is 1. The molecule has 0 atom stereocenters. The summed E-state index contributed by atoms with van der Waals surface area (Å²) in [6.07, 6.45) is 0. The molecule has 0 unspecified atom stereocenters. The number of nitrogens with zero attached hydrogens (tertiary/aromatic N) is 1. The van der Waals surface area contributed by atoms with Crippen molar-refractivity contribution in [1.82, 2.24) is 4.72 Å². The minimum absolute atomic E-state index is 0.0216. The fourth-order valence-corrected chi connectivity index (χ4v) is 2.06. The molecule has 1 rings (SSSR count). The van der Waals surface area contributed by atoms with Crippen LogP contribution in [0.15, 0.2) is 18.2 Å². The number of hydrogen-bond donors (Lipinski definition) is 2. The molecule has 0 aromatic heterocycles. The predicted octanol–water partition coefficient (Wildman–Crippen LogP) is 1.21. The van der Waals surface area contributed by atoms with E-state index in [2.05, 4.69) is 10.0 Å². The molecule has 0 bridgehead atoms. The number of rotatable bonds is 6. The number of nitrogens with one attached hydrogen (secondary N) is 2. The van der Waals surface area contributed by atoms with Crippen LogP contribution < -0.4 is 10.0 Å². The lowest BCUT2D eigenvalue weighted by Crippen LogP contribution is -2.26. The first-order valence-electron chi connectivity index (χ1n) is 4.95. The highest BCUT2D eigenvalue weighted by Gasteiger charge is 2.16. The molecule has 7 nitrogen and oxygen atoms in total. The average Bonchev–Trinajstić information content (AvgIpc) is 2.30. The molecule has 0 amide bonds. The Labute approximate surface area is 109 Å². The third-order valence-electron chi connectivity index (χ3n) is 2.17. The summed E-state index contributed by atoms with van der Waals surface area (Å²) in [5.74, 6) is -0.203. The van der Waals surface area contributed by atoms with Gasteiger partial charge in [0.15, 0.2) is 0 Å². The van der Waals surface area contributed by atoms with Crippen LogP contribution in [0.4, 0.5) is 11.4 Å². The van der Waals surface area contributed by atoms with Gasteiger partial charge >= 0.3 is 0 Å². The van der Waals surface area contributed by atoms with Gasteiger partial charge < -0.3 is 5.32 Å². The van der Waals surface area contributed by atoms with E-state index in [1.165, 1.54) is 25.2 Å². The van der Waals surface area contributed by atoms with Crippen LogP contribution in [0.3, 0.4) is 0 Å². The second kappa shape index (κ2) is 5.98. The van der Waals surface area contributed by atoms with E-state index in [1.54, 1.807) is 0 Å². The Hall–Kier alpha value is -1.38. The Kier molecular flexibility index (Phi) is 4.88. The Morgan fingerprint density at radius 2 is 2.11 bits per heavy atom. The molecule has 0 saturated heterocycles. The highest BCUT2D eigenvalue weighted by molar-refractivity contribution is 7.89. The molecular weight excluding hydrogens is 282 g/mol. The summed E-state index contributed by atoms with van der Waals surface area (Å²) >= 11 is 5.83. The second-order valence-electron chi connectivity index (χ2n) is 3.34. The zero-order valence-corrected chi connectivity index (χ0v) is 11.1. The molecule has 1 aromatic rings. The summed E-state index contributed by atoms with van der Waals surface area (Å²) in [5.41, 5.74) is -0.0696. The van der Waals surface area contributed by atoms with Gasteiger partial charge in [0.25, 0.3) is 5.69 Å². The fourth-order valence-electron chi connectivity index (χ4n) is 1.25. The molecular formula is C9H12ClN3O4S. The molecule has 0 aliphatic heterocycles. The van der Waals surface area contributed by atoms with E-state index in [-0.39, 0.29) is 28.7 Å². The monoisotopic (exact) mass is 293 g/mol. The first kappa shape index (κ1) is 14.7. The molecule has 2 N–H and O–H groups in total. The topological polar surface area (TPSA) is 101 Å². The quantitative estimate of drug-likeness (QED) is 0.606. The highest BCUT2D eigenvalue weighted by atomic mass is 35.5. The third kappa shape index (κ3) is 3.83. The van der Waals surface area contributed by atoms with Crippen molar-refractivity contribution in [2.75, 3.05) is 24.7 Å². The lowest BCUT2D eigenvalue weighted by molar-refractivity contribution is -0.383. The number of nitro benzene ring substituents is 1. The second-order valence-corrected chi connectivity index (χ2v) is 5.79. The van der Waals surface area contributed by atoms with Crippen LogP contribution in [0, 0.1) is 10.1 Å². The molecule has 100 valence electrons. The van der Waals surface area contributed by atoms with Gasteiger partial charge in [0, 0.05) is 12.6 Å². The number of para-hydroxylation sites is 1. The number of anilines is 1. The lowest BCUT2D eigenvalue weighted by atomic mass is 10.2. The van der Waals surface area contributed by atoms with E-state index >= 15 is 0 Å². The smallest absolute Gasteiger partial charge is 0.293 e. The summed E-state index contributed by atoms with van der Waals surface area (Å²) in [5, 5.41) is 13.6. The maximum atomic E-state index is 11.2. The number of halogens is 1. The number of benzene rings is 1. The van der Waals surface area contributed by atoms with Crippen molar-refractivity contribution in [1.29, 1.82) is 0 Å². The van der Waals surface area contributed by atoms with Gasteiger partial charge in [0.2, 0.25) is 10.0 Å². The number of nitro groups is 1. The van der Waals surface area contributed by atoms with Crippen LogP contribution >= 0.6 is 11.6 Å². The van der Waals surface area contributed by atoms with E-state index in [0.29, 0.717) is 0 Å². The fraction of sp³-hybridized carbons (Fsp3) is 0.333. The summed E-state index contributed by atoms with van der Waals surface area (Å²) in [7, 11) is -2.06. The standard InChI is InChI=1S/C9H12ClN3O4S/c1-11-18(16,17)6-5-12-9-7(10)3-2-4-8(9)13(14)15/h2-4,11-12H,5-6H2,1H3. The number of hydrogen-bond acceptors (Lipinski definition) is 5. The van der Waals surface area contributed by atoms with E-state index in [4.69, 9.17) is 11.6 Å². The Morgan fingerprint density at radius 3 is 2.67 bits per heavy atom. The van der Waals surface area contributed by atoms with Crippen molar-refractivity contribution in [2.24, 2.45) is 0 Å². The molecule has 0 spiro atoms. The summed E-state index contributed by atoms with van der Waals surface area (Å²) in [6, 6.07) is 4.24. The first-order valence-corrected chi connectivity index (χ1v) is 6.98. The van der Waals surface area contributed by atoms with Crippen LogP contribution in [-0.2, 0) is 10.0 Å². The van der Waals surface area contributed by atoms with Gasteiger partial charge in [-0.05, 0) is 13.1 Å². The van der Waals surface area contributed by atoms with Crippen molar-refractivity contribution in [3.8, 4) is 0 Å². The van der Waals surface area contributed by atoms with Gasteiger partial charge in [-0.25, -0.2) is 13.1 Å². The van der Waals surface area contributed by atoms with E-state index in [9.17, 15) is 18.5 Å². The molecule has 1 aromatic carbocycles. The third-order valence-corrected chi connectivity index (χ3v) is 3.85. The van der Waals surface area contributed by atoms with E-state index in [1.807, 2.05) is 0 Å². The molecule has 0 aliphatic carbocycles. The molecule has 0 radical (unpaired) electrons. The van der Waals surface area contributed by atoms with Gasteiger partial charge in [0.1, 0.15) is 5.69 Å². The molecule has 0 aliphatic rings. The van der Waals surface area contributed by atoms with Gasteiger partial charge in [-0.15, -0.1) is 0 Å². The minimum Gasteiger partial charge on any atom is -0.377 e. The van der Waals surface area contributed by atoms with Crippen molar-refractivity contribution < 1.29 is 13.3 Å². The van der Waals surface area contributed by atoms with Crippen LogP contribution in [0.5, 0.6) is 0 Å². The Balaban J connectivity index is 2.82. The maximum absolute atomic E-state index is 11.2. The molecule has 0 fully saturated rings. The molecule has 9 heteroatoms. The predicted molar refractivity (Wildman–Crippen MR) is 69.4 cm³/mol. The zero-order chi connectivity index (χ0) is 13.8. The minimum atomic E-state index is -3.36. The van der Waals surface area contributed by atoms with Crippen LogP contribution in [0.25, 0.3) is 0 Å². The SMILES string of the molecule is CNS(=O)(=O)CCNc1c(Cl)cccc1[N+](=O)[O-]. The van der Waals surface area contributed by atoms with Crippen LogP contribution in [0.2, 0.25) is 5.02 Å². The van der Waals surface area contributed by atoms with E-state index in [0.717, 1.165) is 0 Å².